The molecule has 0 N–H and O–H groups in total. The monoisotopic (exact) mass is 644 g/mol. The van der Waals surface area contributed by atoms with Gasteiger partial charge in [0.1, 0.15) is 5.82 Å². The van der Waals surface area contributed by atoms with Gasteiger partial charge in [-0.1, -0.05) is 140 Å². The Morgan fingerprint density at radius 3 is 1.50 bits per heavy atom. The molecule has 2 aromatic heterocycles. The van der Waals surface area contributed by atoms with Crippen molar-refractivity contribution in [1.82, 2.24) is 19.5 Å². The molecule has 236 valence electrons. The Bertz CT molecular complexity index is 2570. The van der Waals surface area contributed by atoms with Crippen LogP contribution in [0.15, 0.2) is 176 Å². The summed E-state index contributed by atoms with van der Waals surface area (Å²) >= 11 is 0. The first-order chi connectivity index (χ1) is 24.7. The fourth-order valence-corrected chi connectivity index (χ4v) is 6.70. The SMILES string of the molecule is Fc1ccc(-c2ccc(-c3nc(-c4ccccc4)nc(-c4ccccc4)n3)c(-n3c4ccccc4c4ccc(-c5ccccc5)cc43)c2)cc1. The number of halogens is 1. The van der Waals surface area contributed by atoms with Crippen LogP contribution in [-0.2, 0) is 0 Å². The zero-order valence-electron chi connectivity index (χ0n) is 26.9. The molecular weight excluding hydrogens is 616 g/mol. The molecule has 0 atom stereocenters. The quantitative estimate of drug-likeness (QED) is 0.181. The highest BCUT2D eigenvalue weighted by Crippen LogP contribution is 2.39. The molecule has 0 radical (unpaired) electrons. The lowest BCUT2D eigenvalue weighted by Crippen LogP contribution is -2.04. The van der Waals surface area contributed by atoms with Gasteiger partial charge < -0.3 is 4.57 Å². The van der Waals surface area contributed by atoms with Gasteiger partial charge in [-0.25, -0.2) is 19.3 Å². The van der Waals surface area contributed by atoms with E-state index >= 15 is 0 Å². The molecule has 0 fully saturated rings. The molecule has 50 heavy (non-hydrogen) atoms. The summed E-state index contributed by atoms with van der Waals surface area (Å²) < 4.78 is 16.4. The van der Waals surface area contributed by atoms with Crippen LogP contribution in [0.1, 0.15) is 0 Å². The van der Waals surface area contributed by atoms with Crippen LogP contribution in [0.4, 0.5) is 4.39 Å². The lowest BCUT2D eigenvalue weighted by atomic mass is 10.0. The number of nitrogens with zero attached hydrogens (tertiary/aromatic N) is 4. The minimum Gasteiger partial charge on any atom is -0.308 e. The first kappa shape index (κ1) is 29.4. The second-order valence-corrected chi connectivity index (χ2v) is 12.2. The van der Waals surface area contributed by atoms with E-state index in [4.69, 9.17) is 15.0 Å². The topological polar surface area (TPSA) is 43.6 Å². The van der Waals surface area contributed by atoms with Crippen LogP contribution in [0.5, 0.6) is 0 Å². The lowest BCUT2D eigenvalue weighted by molar-refractivity contribution is 0.628. The van der Waals surface area contributed by atoms with Crippen LogP contribution in [0.2, 0.25) is 0 Å². The highest BCUT2D eigenvalue weighted by atomic mass is 19.1. The van der Waals surface area contributed by atoms with Crippen LogP contribution in [0, 0.1) is 5.82 Å². The molecule has 0 amide bonds. The van der Waals surface area contributed by atoms with Crippen molar-refractivity contribution >= 4 is 21.8 Å². The first-order valence-electron chi connectivity index (χ1n) is 16.6. The minimum atomic E-state index is -0.270. The molecule has 2 heterocycles. The number of hydrogen-bond donors (Lipinski definition) is 0. The van der Waals surface area contributed by atoms with Crippen molar-refractivity contribution in [2.45, 2.75) is 0 Å². The van der Waals surface area contributed by atoms with E-state index in [1.807, 2.05) is 78.9 Å². The van der Waals surface area contributed by atoms with E-state index in [1.54, 1.807) is 0 Å². The summed E-state index contributed by atoms with van der Waals surface area (Å²) in [4.78, 5) is 15.2. The van der Waals surface area contributed by atoms with Crippen LogP contribution in [0.25, 0.3) is 83.9 Å². The first-order valence-corrected chi connectivity index (χ1v) is 16.6. The van der Waals surface area contributed by atoms with Crippen molar-refractivity contribution in [3.8, 4) is 62.1 Å². The highest BCUT2D eigenvalue weighted by Gasteiger charge is 2.20. The number of rotatable bonds is 6. The van der Waals surface area contributed by atoms with E-state index in [2.05, 4.69) is 89.5 Å². The van der Waals surface area contributed by atoms with E-state index in [-0.39, 0.29) is 5.82 Å². The maximum atomic E-state index is 14.0. The van der Waals surface area contributed by atoms with E-state index in [9.17, 15) is 4.39 Å². The molecule has 0 bridgehead atoms. The molecule has 0 aliphatic rings. The summed E-state index contributed by atoms with van der Waals surface area (Å²) in [6.45, 7) is 0. The Morgan fingerprint density at radius 2 is 0.840 bits per heavy atom. The van der Waals surface area contributed by atoms with Crippen molar-refractivity contribution in [2.75, 3.05) is 0 Å². The third-order valence-electron chi connectivity index (χ3n) is 9.14. The van der Waals surface area contributed by atoms with Gasteiger partial charge in [0.05, 0.1) is 16.7 Å². The van der Waals surface area contributed by atoms with Gasteiger partial charge in [0.15, 0.2) is 17.5 Å². The predicted octanol–water partition coefficient (Wildman–Crippen LogP) is 11.4. The van der Waals surface area contributed by atoms with Crippen LogP contribution in [-0.4, -0.2) is 19.5 Å². The molecule has 4 nitrogen and oxygen atoms in total. The molecule has 0 aliphatic heterocycles. The Balaban J connectivity index is 1.36. The summed E-state index contributed by atoms with van der Waals surface area (Å²) in [5.41, 5.74) is 9.82. The third-order valence-corrected chi connectivity index (χ3v) is 9.14. The molecule has 0 spiro atoms. The molecular formula is C45H29FN4. The number of fused-ring (bicyclic) bond motifs is 3. The van der Waals surface area contributed by atoms with Gasteiger partial charge in [-0.05, 0) is 58.7 Å². The largest absolute Gasteiger partial charge is 0.308 e. The zero-order chi connectivity index (χ0) is 33.4. The van der Waals surface area contributed by atoms with Gasteiger partial charge >= 0.3 is 0 Å². The van der Waals surface area contributed by atoms with Gasteiger partial charge in [-0.3, -0.25) is 0 Å². The van der Waals surface area contributed by atoms with E-state index in [0.717, 1.165) is 66.4 Å². The number of benzene rings is 7. The minimum absolute atomic E-state index is 0.270. The summed E-state index contributed by atoms with van der Waals surface area (Å²) in [5.74, 6) is 1.48. The average molecular weight is 645 g/mol. The number of para-hydroxylation sites is 1. The lowest BCUT2D eigenvalue weighted by Gasteiger charge is -2.17. The van der Waals surface area contributed by atoms with Gasteiger partial charge in [0.2, 0.25) is 0 Å². The molecule has 0 saturated carbocycles. The Morgan fingerprint density at radius 1 is 0.360 bits per heavy atom. The average Bonchev–Trinajstić information content (AvgIpc) is 3.52. The highest BCUT2D eigenvalue weighted by molar-refractivity contribution is 6.10. The van der Waals surface area contributed by atoms with E-state index in [0.29, 0.717) is 17.5 Å². The maximum Gasteiger partial charge on any atom is 0.166 e. The summed E-state index contributed by atoms with van der Waals surface area (Å²) in [5, 5.41) is 2.29. The molecule has 0 saturated heterocycles. The second-order valence-electron chi connectivity index (χ2n) is 12.2. The standard InChI is InChI=1S/C45H29FN4/c46-36-24-20-31(21-25-36)35-23-27-39(45-48-43(32-14-6-2-7-15-32)47-44(49-45)33-16-8-3-9-17-33)42(29-35)50-40-19-11-10-18-37(40)38-26-22-34(28-41(38)50)30-12-4-1-5-13-30/h1-29H. The van der Waals surface area contributed by atoms with Crippen molar-refractivity contribution in [1.29, 1.82) is 0 Å². The molecule has 0 unspecified atom stereocenters. The van der Waals surface area contributed by atoms with E-state index in [1.165, 1.54) is 12.1 Å². The third kappa shape index (κ3) is 5.31. The van der Waals surface area contributed by atoms with Crippen molar-refractivity contribution < 1.29 is 4.39 Å². The number of aromatic nitrogens is 4. The van der Waals surface area contributed by atoms with Gasteiger partial charge in [-0.2, -0.15) is 0 Å². The normalized spacial score (nSPS) is 11.3. The Hall–Kier alpha value is -6.72. The summed E-state index contributed by atoms with van der Waals surface area (Å²) in [6, 6.07) is 58.5. The van der Waals surface area contributed by atoms with Crippen LogP contribution in [0.3, 0.4) is 0 Å². The second kappa shape index (κ2) is 12.4. The molecule has 7 aromatic carbocycles. The number of hydrogen-bond acceptors (Lipinski definition) is 3. The van der Waals surface area contributed by atoms with Crippen LogP contribution >= 0.6 is 0 Å². The Kier molecular flexibility index (Phi) is 7.29. The maximum absolute atomic E-state index is 14.0. The van der Waals surface area contributed by atoms with Crippen molar-refractivity contribution in [3.05, 3.63) is 182 Å². The summed E-state index contributed by atoms with van der Waals surface area (Å²) in [6.07, 6.45) is 0. The van der Waals surface area contributed by atoms with Crippen LogP contribution < -0.4 is 0 Å². The van der Waals surface area contributed by atoms with E-state index < -0.39 is 0 Å². The molecule has 0 aliphatic carbocycles. The molecule has 9 rings (SSSR count). The Labute approximate surface area is 288 Å². The molecule has 5 heteroatoms. The predicted molar refractivity (Wildman–Crippen MR) is 201 cm³/mol. The smallest absolute Gasteiger partial charge is 0.166 e. The fourth-order valence-electron chi connectivity index (χ4n) is 6.70. The summed E-state index contributed by atoms with van der Waals surface area (Å²) in [7, 11) is 0. The van der Waals surface area contributed by atoms with Crippen molar-refractivity contribution in [2.24, 2.45) is 0 Å². The van der Waals surface area contributed by atoms with Crippen molar-refractivity contribution in [3.63, 3.8) is 0 Å². The van der Waals surface area contributed by atoms with Gasteiger partial charge in [0.25, 0.3) is 0 Å². The zero-order valence-corrected chi connectivity index (χ0v) is 26.9. The fraction of sp³-hybridized carbons (Fsp3) is 0. The molecule has 9 aromatic rings. The van der Waals surface area contributed by atoms with Gasteiger partial charge in [-0.15, -0.1) is 0 Å². The van der Waals surface area contributed by atoms with Gasteiger partial charge in [0, 0.05) is 27.5 Å².